The summed E-state index contributed by atoms with van der Waals surface area (Å²) in [6.45, 7) is 1.23. The van der Waals surface area contributed by atoms with Gasteiger partial charge in [0.2, 0.25) is 0 Å². The third kappa shape index (κ3) is 3.54. The number of ether oxygens (including phenoxy) is 2. The van der Waals surface area contributed by atoms with Gasteiger partial charge in [0.05, 0.1) is 12.0 Å². The van der Waals surface area contributed by atoms with Gasteiger partial charge in [-0.3, -0.25) is 18.8 Å². The van der Waals surface area contributed by atoms with Crippen LogP contribution < -0.4 is 5.56 Å². The molecule has 0 bridgehead atoms. The Morgan fingerprint density at radius 3 is 2.70 bits per heavy atom. The number of likely N-dealkylation sites (tertiary alicyclic amines) is 1. The molecule has 11 nitrogen and oxygen atoms in total. The zero-order chi connectivity index (χ0) is 23.1. The van der Waals surface area contributed by atoms with Crippen LogP contribution in [0.25, 0.3) is 16.7 Å². The van der Waals surface area contributed by atoms with Crippen molar-refractivity contribution in [2.45, 2.75) is 25.4 Å². The highest BCUT2D eigenvalue weighted by Crippen LogP contribution is 2.24. The highest BCUT2D eigenvalue weighted by atomic mass is 16.6. The molecule has 0 aromatic carbocycles. The van der Waals surface area contributed by atoms with Crippen LogP contribution in [0, 0.1) is 0 Å². The molecule has 2 aliphatic rings. The van der Waals surface area contributed by atoms with Crippen molar-refractivity contribution in [3.63, 3.8) is 0 Å². The number of methoxy groups -OCH3 is 1. The average Bonchev–Trinajstić information content (AvgIpc) is 3.37. The van der Waals surface area contributed by atoms with E-state index in [0.717, 1.165) is 4.90 Å². The molecule has 2 fully saturated rings. The van der Waals surface area contributed by atoms with Crippen LogP contribution in [0.2, 0.25) is 0 Å². The first kappa shape index (κ1) is 21.1. The van der Waals surface area contributed by atoms with Gasteiger partial charge in [0.25, 0.3) is 17.4 Å². The molecular weight excluding hydrogens is 430 g/mol. The Balaban J connectivity index is 1.46. The summed E-state index contributed by atoms with van der Waals surface area (Å²) in [5, 5.41) is 0.360. The summed E-state index contributed by atoms with van der Waals surface area (Å²) in [4.78, 5) is 57.8. The van der Waals surface area contributed by atoms with Crippen LogP contribution in [-0.4, -0.2) is 81.1 Å². The van der Waals surface area contributed by atoms with Gasteiger partial charge in [-0.05, 0) is 31.0 Å². The smallest absolute Gasteiger partial charge is 0.417 e. The molecule has 3 aromatic rings. The third-order valence-electron chi connectivity index (χ3n) is 6.22. The second-order valence-electron chi connectivity index (χ2n) is 8.10. The fraction of sp³-hybridized carbons (Fsp3) is 0.409. The normalized spacial score (nSPS) is 17.4. The van der Waals surface area contributed by atoms with Gasteiger partial charge in [0.1, 0.15) is 17.0 Å². The van der Waals surface area contributed by atoms with Gasteiger partial charge in [-0.15, -0.1) is 0 Å². The van der Waals surface area contributed by atoms with Crippen LogP contribution in [0.1, 0.15) is 23.3 Å². The molecule has 0 atom stereocenters. The number of carbonyl (C=O) groups is 3. The summed E-state index contributed by atoms with van der Waals surface area (Å²) in [5.74, 6) is -0.575. The van der Waals surface area contributed by atoms with Crippen molar-refractivity contribution in [2.75, 3.05) is 33.4 Å². The molecule has 5 heterocycles. The minimum Gasteiger partial charge on any atom is -0.439 e. The largest absolute Gasteiger partial charge is 0.439 e. The molecule has 3 amide bonds. The SMILES string of the molecule is COCCn1c(C(=O)N2CCC(N3C(=O)COC3=O)CC2)cc2c(=O)n3ccccc3nc21. The number of pyridine rings is 1. The van der Waals surface area contributed by atoms with Gasteiger partial charge in [-0.1, -0.05) is 6.07 Å². The first-order valence-corrected chi connectivity index (χ1v) is 10.8. The quantitative estimate of drug-likeness (QED) is 0.563. The lowest BCUT2D eigenvalue weighted by Crippen LogP contribution is -2.48. The van der Waals surface area contributed by atoms with E-state index < -0.39 is 6.09 Å². The van der Waals surface area contributed by atoms with E-state index in [1.54, 1.807) is 47.0 Å². The Morgan fingerprint density at radius 1 is 1.21 bits per heavy atom. The Bertz CT molecular complexity index is 1300. The molecular formula is C22H23N5O6. The van der Waals surface area contributed by atoms with E-state index >= 15 is 0 Å². The molecule has 0 aliphatic carbocycles. The third-order valence-corrected chi connectivity index (χ3v) is 6.22. The molecule has 0 spiro atoms. The average molecular weight is 453 g/mol. The van der Waals surface area contributed by atoms with Crippen LogP contribution in [-0.2, 0) is 20.8 Å². The minimum atomic E-state index is -0.622. The number of hydrogen-bond acceptors (Lipinski definition) is 7. The van der Waals surface area contributed by atoms with Crippen molar-refractivity contribution in [3.05, 3.63) is 46.5 Å². The molecule has 2 saturated heterocycles. The van der Waals surface area contributed by atoms with Crippen LogP contribution in [0.5, 0.6) is 0 Å². The van der Waals surface area contributed by atoms with Gasteiger partial charge in [-0.25, -0.2) is 14.7 Å². The minimum absolute atomic E-state index is 0.228. The maximum atomic E-state index is 13.5. The van der Waals surface area contributed by atoms with E-state index in [0.29, 0.717) is 61.5 Å². The lowest BCUT2D eigenvalue weighted by Gasteiger charge is -2.34. The number of piperidine rings is 1. The number of carbonyl (C=O) groups excluding carboxylic acids is 3. The Labute approximate surface area is 188 Å². The van der Waals surface area contributed by atoms with Gasteiger partial charge >= 0.3 is 6.09 Å². The highest BCUT2D eigenvalue weighted by molar-refractivity contribution is 5.99. The molecule has 172 valence electrons. The highest BCUT2D eigenvalue weighted by Gasteiger charge is 2.39. The summed E-state index contributed by atoms with van der Waals surface area (Å²) >= 11 is 0. The van der Waals surface area contributed by atoms with Crippen molar-refractivity contribution in [1.29, 1.82) is 0 Å². The predicted octanol–water partition coefficient (Wildman–Crippen LogP) is 0.879. The zero-order valence-electron chi connectivity index (χ0n) is 18.1. The topological polar surface area (TPSA) is 115 Å². The number of amides is 3. The van der Waals surface area contributed by atoms with Crippen LogP contribution in [0.4, 0.5) is 4.79 Å². The number of fused-ring (bicyclic) bond motifs is 2. The molecule has 2 aliphatic heterocycles. The summed E-state index contributed by atoms with van der Waals surface area (Å²) in [6.07, 6.45) is 1.96. The number of hydrogen-bond donors (Lipinski definition) is 0. The number of rotatable bonds is 5. The van der Waals surface area contributed by atoms with Crippen molar-refractivity contribution < 1.29 is 23.9 Å². The van der Waals surface area contributed by atoms with E-state index in [1.165, 1.54) is 4.40 Å². The molecule has 11 heteroatoms. The molecule has 0 saturated carbocycles. The van der Waals surface area contributed by atoms with E-state index in [4.69, 9.17) is 9.47 Å². The molecule has 0 N–H and O–H groups in total. The van der Waals surface area contributed by atoms with Crippen LogP contribution in [0.15, 0.2) is 35.3 Å². The lowest BCUT2D eigenvalue weighted by molar-refractivity contribution is -0.127. The molecule has 5 rings (SSSR count). The lowest BCUT2D eigenvalue weighted by atomic mass is 10.0. The maximum Gasteiger partial charge on any atom is 0.417 e. The predicted molar refractivity (Wildman–Crippen MR) is 116 cm³/mol. The summed E-state index contributed by atoms with van der Waals surface area (Å²) < 4.78 is 13.2. The van der Waals surface area contributed by atoms with E-state index in [-0.39, 0.29) is 30.0 Å². The number of aromatic nitrogens is 3. The van der Waals surface area contributed by atoms with Crippen molar-refractivity contribution in [2.24, 2.45) is 0 Å². The first-order chi connectivity index (χ1) is 16.0. The Morgan fingerprint density at radius 2 is 2.00 bits per heavy atom. The molecule has 33 heavy (non-hydrogen) atoms. The van der Waals surface area contributed by atoms with E-state index in [1.807, 2.05) is 0 Å². The van der Waals surface area contributed by atoms with Crippen LogP contribution in [0.3, 0.4) is 0 Å². The summed E-state index contributed by atoms with van der Waals surface area (Å²) in [5.41, 5.74) is 1.05. The number of imide groups is 1. The molecule has 0 unspecified atom stereocenters. The summed E-state index contributed by atoms with van der Waals surface area (Å²) in [7, 11) is 1.57. The van der Waals surface area contributed by atoms with Crippen molar-refractivity contribution in [3.8, 4) is 0 Å². The van der Waals surface area contributed by atoms with E-state index in [2.05, 4.69) is 4.98 Å². The molecule has 0 radical (unpaired) electrons. The first-order valence-electron chi connectivity index (χ1n) is 10.8. The van der Waals surface area contributed by atoms with Crippen molar-refractivity contribution in [1.82, 2.24) is 23.8 Å². The fourth-order valence-electron chi connectivity index (χ4n) is 4.54. The maximum absolute atomic E-state index is 13.5. The zero-order valence-corrected chi connectivity index (χ0v) is 18.1. The standard InChI is InChI=1S/C22H23N5O6/c1-32-11-10-25-16(12-15-19(25)23-17-4-2-3-7-26(17)20(15)29)21(30)24-8-5-14(6-9-24)27-18(28)13-33-22(27)31/h2-4,7,12,14H,5-6,8-11,13H2,1H3. The van der Waals surface area contributed by atoms with E-state index in [9.17, 15) is 19.2 Å². The number of nitrogens with zero attached hydrogens (tertiary/aromatic N) is 5. The monoisotopic (exact) mass is 453 g/mol. The van der Waals surface area contributed by atoms with Gasteiger partial charge in [0.15, 0.2) is 6.61 Å². The Kier molecular flexibility index (Phi) is 5.33. The van der Waals surface area contributed by atoms with Gasteiger partial charge in [0, 0.05) is 39.0 Å². The van der Waals surface area contributed by atoms with Gasteiger partial charge < -0.3 is 18.9 Å². The molecule has 3 aromatic heterocycles. The Hall–Kier alpha value is -3.73. The number of cyclic esters (lactones) is 1. The fourth-order valence-corrected chi connectivity index (χ4v) is 4.54. The summed E-state index contributed by atoms with van der Waals surface area (Å²) in [6, 6.07) is 6.60. The second kappa shape index (κ2) is 8.32. The van der Waals surface area contributed by atoms with Gasteiger partial charge in [-0.2, -0.15) is 0 Å². The van der Waals surface area contributed by atoms with Crippen molar-refractivity contribution >= 4 is 34.6 Å². The second-order valence-corrected chi connectivity index (χ2v) is 8.10. The van der Waals surface area contributed by atoms with Crippen LogP contribution >= 0.6 is 0 Å².